The van der Waals surface area contributed by atoms with Crippen molar-refractivity contribution in [3.05, 3.63) is 63.4 Å². The molecule has 0 aliphatic rings. The second kappa shape index (κ2) is 8.31. The maximum Gasteiger partial charge on any atom is 0.277 e. The predicted octanol–water partition coefficient (Wildman–Crippen LogP) is 4.12. The van der Waals surface area contributed by atoms with Crippen molar-refractivity contribution in [2.24, 2.45) is 5.10 Å². The summed E-state index contributed by atoms with van der Waals surface area (Å²) in [4.78, 5) is 20.2. The Morgan fingerprint density at radius 1 is 1.04 bits per heavy atom. The third kappa shape index (κ3) is 4.60. The van der Waals surface area contributed by atoms with Gasteiger partial charge in [-0.2, -0.15) is 5.10 Å². The van der Waals surface area contributed by atoms with Gasteiger partial charge in [-0.1, -0.05) is 40.9 Å². The smallest absolute Gasteiger partial charge is 0.277 e. The molecular formula is C17H11Cl3N4O2. The van der Waals surface area contributed by atoms with E-state index in [-0.39, 0.29) is 22.4 Å². The summed E-state index contributed by atoms with van der Waals surface area (Å²) in [5, 5.41) is 4.72. The Morgan fingerprint density at radius 3 is 2.58 bits per heavy atom. The summed E-state index contributed by atoms with van der Waals surface area (Å²) in [7, 11) is 0. The fourth-order valence-electron chi connectivity index (χ4n) is 2.03. The van der Waals surface area contributed by atoms with E-state index in [1.807, 2.05) is 18.2 Å². The van der Waals surface area contributed by atoms with Gasteiger partial charge < -0.3 is 4.74 Å². The number of carbonyl (C=O) groups excluding carboxylic acids is 1. The van der Waals surface area contributed by atoms with Crippen LogP contribution in [0.2, 0.25) is 15.1 Å². The van der Waals surface area contributed by atoms with E-state index < -0.39 is 5.91 Å². The van der Waals surface area contributed by atoms with Crippen LogP contribution in [0.3, 0.4) is 0 Å². The quantitative estimate of drug-likeness (QED) is 0.391. The first-order valence-corrected chi connectivity index (χ1v) is 8.46. The van der Waals surface area contributed by atoms with Crippen LogP contribution in [0.25, 0.3) is 11.0 Å². The number of aromatic nitrogens is 2. The summed E-state index contributed by atoms with van der Waals surface area (Å²) in [5.74, 6) is -0.197. The highest BCUT2D eigenvalue weighted by atomic mass is 35.5. The molecule has 0 aliphatic carbocycles. The van der Waals surface area contributed by atoms with E-state index in [4.69, 9.17) is 39.5 Å². The minimum atomic E-state index is -0.455. The molecule has 0 saturated heterocycles. The number of fused-ring (bicyclic) bond motifs is 1. The average Bonchev–Trinajstić information content (AvgIpc) is 2.63. The summed E-state index contributed by atoms with van der Waals surface area (Å²) in [6, 6.07) is 8.34. The molecular weight excluding hydrogens is 399 g/mol. The van der Waals surface area contributed by atoms with Crippen molar-refractivity contribution in [2.45, 2.75) is 0 Å². The fraction of sp³-hybridized carbons (Fsp3) is 0.0588. The molecule has 0 aliphatic heterocycles. The van der Waals surface area contributed by atoms with Gasteiger partial charge in [0.2, 0.25) is 0 Å². The monoisotopic (exact) mass is 408 g/mol. The van der Waals surface area contributed by atoms with Gasteiger partial charge in [0, 0.05) is 18.5 Å². The molecule has 6 nitrogen and oxygen atoms in total. The number of hydrogen-bond donors (Lipinski definition) is 1. The van der Waals surface area contributed by atoms with E-state index in [1.54, 1.807) is 12.4 Å². The number of nitrogens with one attached hydrogen (secondary N) is 1. The lowest BCUT2D eigenvalue weighted by molar-refractivity contribution is -0.123. The minimum Gasteiger partial charge on any atom is -0.482 e. The molecule has 0 unspecified atom stereocenters. The first kappa shape index (κ1) is 18.4. The fourth-order valence-corrected chi connectivity index (χ4v) is 2.62. The molecule has 2 aromatic carbocycles. The molecule has 0 fully saturated rings. The van der Waals surface area contributed by atoms with Gasteiger partial charge in [-0.15, -0.1) is 0 Å². The third-order valence-electron chi connectivity index (χ3n) is 3.23. The van der Waals surface area contributed by atoms with E-state index in [2.05, 4.69) is 20.5 Å². The zero-order valence-corrected chi connectivity index (χ0v) is 15.4. The highest BCUT2D eigenvalue weighted by Gasteiger charge is 2.09. The highest BCUT2D eigenvalue weighted by Crippen LogP contribution is 2.33. The molecule has 0 radical (unpaired) electrons. The van der Waals surface area contributed by atoms with E-state index in [0.717, 1.165) is 16.6 Å². The van der Waals surface area contributed by atoms with Crippen molar-refractivity contribution in [3.63, 3.8) is 0 Å². The van der Waals surface area contributed by atoms with Crippen LogP contribution in [0.4, 0.5) is 0 Å². The predicted molar refractivity (Wildman–Crippen MR) is 102 cm³/mol. The lowest BCUT2D eigenvalue weighted by atomic mass is 10.2. The van der Waals surface area contributed by atoms with Crippen molar-refractivity contribution in [3.8, 4) is 5.75 Å². The Labute approximate surface area is 163 Å². The molecule has 1 aromatic heterocycles. The second-order valence-corrected chi connectivity index (χ2v) is 6.30. The molecule has 0 bridgehead atoms. The van der Waals surface area contributed by atoms with Crippen molar-refractivity contribution >= 4 is 58.0 Å². The van der Waals surface area contributed by atoms with Crippen molar-refractivity contribution in [1.82, 2.24) is 15.4 Å². The molecule has 132 valence electrons. The van der Waals surface area contributed by atoms with Gasteiger partial charge >= 0.3 is 0 Å². The summed E-state index contributed by atoms with van der Waals surface area (Å²) >= 11 is 17.7. The first-order valence-electron chi connectivity index (χ1n) is 7.33. The lowest BCUT2D eigenvalue weighted by Gasteiger charge is -2.08. The maximum absolute atomic E-state index is 11.8. The van der Waals surface area contributed by atoms with Crippen LogP contribution in [-0.4, -0.2) is 28.7 Å². The van der Waals surface area contributed by atoms with Crippen LogP contribution in [0.5, 0.6) is 5.75 Å². The van der Waals surface area contributed by atoms with Gasteiger partial charge in [0.1, 0.15) is 5.75 Å². The zero-order chi connectivity index (χ0) is 18.5. The number of halogens is 3. The molecule has 9 heteroatoms. The van der Waals surface area contributed by atoms with Crippen LogP contribution in [-0.2, 0) is 4.79 Å². The number of hydrogen-bond acceptors (Lipinski definition) is 5. The van der Waals surface area contributed by atoms with Crippen molar-refractivity contribution in [2.75, 3.05) is 6.61 Å². The Hall–Kier alpha value is -2.41. The van der Waals surface area contributed by atoms with E-state index in [9.17, 15) is 4.79 Å². The summed E-state index contributed by atoms with van der Waals surface area (Å²) in [6.45, 7) is -0.280. The SMILES string of the molecule is O=C(COc1cc(Cl)c(Cl)cc1Cl)NN=Cc1ccc2nccnc2c1. The molecule has 1 amide bonds. The number of carbonyl (C=O) groups is 1. The van der Waals surface area contributed by atoms with Crippen LogP contribution < -0.4 is 10.2 Å². The van der Waals surface area contributed by atoms with Crippen LogP contribution in [0.15, 0.2) is 47.8 Å². The molecule has 1 N–H and O–H groups in total. The molecule has 26 heavy (non-hydrogen) atoms. The Balaban J connectivity index is 1.56. The Bertz CT molecular complexity index is 995. The van der Waals surface area contributed by atoms with E-state index in [1.165, 1.54) is 18.3 Å². The standard InChI is InChI=1S/C17H11Cl3N4O2/c18-11-6-13(20)16(7-12(11)19)26-9-17(25)24-23-8-10-1-2-14-15(5-10)22-4-3-21-14/h1-8H,9H2,(H,24,25). The van der Waals surface area contributed by atoms with E-state index >= 15 is 0 Å². The minimum absolute atomic E-state index is 0.257. The number of amides is 1. The van der Waals surface area contributed by atoms with Gasteiger partial charge in [-0.05, 0) is 23.8 Å². The largest absolute Gasteiger partial charge is 0.482 e. The Morgan fingerprint density at radius 2 is 1.77 bits per heavy atom. The summed E-state index contributed by atoms with van der Waals surface area (Å²) in [6.07, 6.45) is 4.73. The highest BCUT2D eigenvalue weighted by molar-refractivity contribution is 6.43. The first-order chi connectivity index (χ1) is 12.5. The number of rotatable bonds is 5. The topological polar surface area (TPSA) is 76.5 Å². The lowest BCUT2D eigenvalue weighted by Crippen LogP contribution is -2.24. The maximum atomic E-state index is 11.8. The molecule has 3 rings (SSSR count). The van der Waals surface area contributed by atoms with Gasteiger partial charge in [-0.3, -0.25) is 14.8 Å². The average molecular weight is 410 g/mol. The summed E-state index contributed by atoms with van der Waals surface area (Å²) < 4.78 is 5.32. The zero-order valence-electron chi connectivity index (χ0n) is 13.1. The molecule has 1 heterocycles. The third-order valence-corrected chi connectivity index (χ3v) is 4.25. The number of benzene rings is 2. The van der Waals surface area contributed by atoms with Gasteiger partial charge in [0.25, 0.3) is 5.91 Å². The normalized spacial score (nSPS) is 11.0. The molecule has 0 spiro atoms. The number of ether oxygens (including phenoxy) is 1. The van der Waals surface area contributed by atoms with Crippen LogP contribution >= 0.6 is 34.8 Å². The van der Waals surface area contributed by atoms with Gasteiger partial charge in [0.15, 0.2) is 6.61 Å². The van der Waals surface area contributed by atoms with Crippen LogP contribution in [0, 0.1) is 0 Å². The molecule has 0 atom stereocenters. The molecule has 3 aromatic rings. The van der Waals surface area contributed by atoms with Gasteiger partial charge in [0.05, 0.1) is 32.3 Å². The van der Waals surface area contributed by atoms with Gasteiger partial charge in [-0.25, -0.2) is 5.43 Å². The molecule has 0 saturated carbocycles. The van der Waals surface area contributed by atoms with Crippen LogP contribution in [0.1, 0.15) is 5.56 Å². The van der Waals surface area contributed by atoms with Crippen molar-refractivity contribution in [1.29, 1.82) is 0 Å². The second-order valence-electron chi connectivity index (χ2n) is 5.08. The van der Waals surface area contributed by atoms with Crippen molar-refractivity contribution < 1.29 is 9.53 Å². The van der Waals surface area contributed by atoms with E-state index in [0.29, 0.717) is 5.02 Å². The number of nitrogens with zero attached hydrogens (tertiary/aromatic N) is 3. The summed E-state index contributed by atoms with van der Waals surface area (Å²) in [5.41, 5.74) is 4.65. The Kier molecular flexibility index (Phi) is 5.88. The number of hydrazone groups is 1.